The van der Waals surface area contributed by atoms with Crippen LogP contribution >= 0.6 is 0 Å². The van der Waals surface area contributed by atoms with Gasteiger partial charge >= 0.3 is 0 Å². The highest BCUT2D eigenvalue weighted by molar-refractivity contribution is 5.28. The third-order valence-corrected chi connectivity index (χ3v) is 4.65. The molecule has 0 amide bonds. The highest BCUT2D eigenvalue weighted by Gasteiger charge is 2.23. The Morgan fingerprint density at radius 2 is 1.62 bits per heavy atom. The highest BCUT2D eigenvalue weighted by atomic mass is 15.2. The van der Waals surface area contributed by atoms with Crippen molar-refractivity contribution in [3.8, 4) is 0 Å². The highest BCUT2D eigenvalue weighted by Crippen LogP contribution is 2.24. The van der Waals surface area contributed by atoms with E-state index in [0.29, 0.717) is 12.0 Å². The van der Waals surface area contributed by atoms with Gasteiger partial charge in [0.25, 0.3) is 0 Å². The van der Waals surface area contributed by atoms with E-state index in [0.717, 1.165) is 13.1 Å². The first-order valence-electron chi connectivity index (χ1n) is 8.42. The van der Waals surface area contributed by atoms with Gasteiger partial charge in [0, 0.05) is 32.2 Å². The van der Waals surface area contributed by atoms with E-state index in [-0.39, 0.29) is 5.41 Å². The van der Waals surface area contributed by atoms with Crippen molar-refractivity contribution in [1.29, 1.82) is 0 Å². The maximum absolute atomic E-state index is 3.45. The largest absolute Gasteiger partial charge is 0.314 e. The molecule has 0 spiro atoms. The Morgan fingerprint density at radius 3 is 2.10 bits per heavy atom. The fourth-order valence-corrected chi connectivity index (χ4v) is 3.18. The summed E-state index contributed by atoms with van der Waals surface area (Å²) in [6.07, 6.45) is 1.17. The lowest BCUT2D eigenvalue weighted by atomic mass is 9.86. The Hall–Kier alpha value is -0.860. The minimum Gasteiger partial charge on any atom is -0.314 e. The second kappa shape index (κ2) is 6.93. The van der Waals surface area contributed by atoms with Crippen molar-refractivity contribution < 1.29 is 0 Å². The molecule has 2 nitrogen and oxygen atoms in total. The zero-order valence-corrected chi connectivity index (χ0v) is 14.4. The average molecular weight is 288 g/mol. The number of piperazine rings is 1. The minimum absolute atomic E-state index is 0.245. The Bertz CT molecular complexity index is 422. The van der Waals surface area contributed by atoms with Crippen molar-refractivity contribution in [3.05, 3.63) is 35.4 Å². The molecular formula is C19H32N2. The van der Waals surface area contributed by atoms with E-state index >= 15 is 0 Å². The van der Waals surface area contributed by atoms with Gasteiger partial charge in [0.2, 0.25) is 0 Å². The van der Waals surface area contributed by atoms with Crippen LogP contribution in [0, 0.1) is 5.92 Å². The van der Waals surface area contributed by atoms with Crippen molar-refractivity contribution >= 4 is 0 Å². The van der Waals surface area contributed by atoms with Crippen LogP contribution in [0.15, 0.2) is 24.3 Å². The maximum atomic E-state index is 3.45. The van der Waals surface area contributed by atoms with Gasteiger partial charge in [-0.15, -0.1) is 0 Å². The topological polar surface area (TPSA) is 15.3 Å². The zero-order valence-electron chi connectivity index (χ0n) is 14.4. The summed E-state index contributed by atoms with van der Waals surface area (Å²) >= 11 is 0. The normalized spacial score (nSPS) is 19.0. The van der Waals surface area contributed by atoms with Gasteiger partial charge in [0.1, 0.15) is 0 Å². The van der Waals surface area contributed by atoms with E-state index in [4.69, 9.17) is 0 Å². The number of hydrogen-bond donors (Lipinski definition) is 1. The predicted molar refractivity (Wildman–Crippen MR) is 91.9 cm³/mol. The molecule has 1 aliphatic heterocycles. The molecule has 1 atom stereocenters. The molecule has 1 heterocycles. The van der Waals surface area contributed by atoms with Crippen LogP contribution in [0.25, 0.3) is 0 Å². The maximum Gasteiger partial charge on any atom is 0.0160 e. The van der Waals surface area contributed by atoms with Crippen LogP contribution < -0.4 is 5.32 Å². The first kappa shape index (κ1) is 16.5. The summed E-state index contributed by atoms with van der Waals surface area (Å²) in [7, 11) is 0. The molecule has 1 aromatic rings. The van der Waals surface area contributed by atoms with E-state index in [1.54, 1.807) is 0 Å². The van der Waals surface area contributed by atoms with Crippen LogP contribution in [0.2, 0.25) is 0 Å². The quantitative estimate of drug-likeness (QED) is 0.913. The number of nitrogens with zero attached hydrogens (tertiary/aromatic N) is 1. The average Bonchev–Trinajstić information content (AvgIpc) is 2.45. The van der Waals surface area contributed by atoms with Crippen molar-refractivity contribution in [3.63, 3.8) is 0 Å². The number of benzene rings is 1. The molecule has 2 rings (SSSR count). The standard InChI is InChI=1S/C19H32N2/c1-15(2)18(21-12-10-20-11-13-21)14-16-6-8-17(9-7-16)19(3,4)5/h6-9,15,18,20H,10-14H2,1-5H3. The number of hydrogen-bond acceptors (Lipinski definition) is 2. The fraction of sp³-hybridized carbons (Fsp3) is 0.684. The molecule has 0 aliphatic carbocycles. The van der Waals surface area contributed by atoms with Gasteiger partial charge in [-0.3, -0.25) is 4.90 Å². The molecule has 0 aromatic heterocycles. The monoisotopic (exact) mass is 288 g/mol. The van der Waals surface area contributed by atoms with E-state index in [2.05, 4.69) is 69.1 Å². The summed E-state index contributed by atoms with van der Waals surface area (Å²) in [6, 6.07) is 9.94. The number of nitrogens with one attached hydrogen (secondary N) is 1. The summed E-state index contributed by atoms with van der Waals surface area (Å²) < 4.78 is 0. The summed E-state index contributed by atoms with van der Waals surface area (Å²) in [5, 5.41) is 3.45. The molecular weight excluding hydrogens is 256 g/mol. The number of rotatable bonds is 4. The molecule has 1 aromatic carbocycles. The zero-order chi connectivity index (χ0) is 15.5. The Balaban J connectivity index is 2.06. The van der Waals surface area contributed by atoms with Crippen LogP contribution in [0.1, 0.15) is 45.7 Å². The van der Waals surface area contributed by atoms with E-state index in [1.807, 2.05) is 0 Å². The lowest BCUT2D eigenvalue weighted by molar-refractivity contribution is 0.136. The third kappa shape index (κ3) is 4.55. The fourth-order valence-electron chi connectivity index (χ4n) is 3.18. The van der Waals surface area contributed by atoms with Gasteiger partial charge < -0.3 is 5.32 Å². The van der Waals surface area contributed by atoms with Gasteiger partial charge in [-0.25, -0.2) is 0 Å². The molecule has 0 saturated carbocycles. The first-order valence-corrected chi connectivity index (χ1v) is 8.42. The lowest BCUT2D eigenvalue weighted by Crippen LogP contribution is -2.50. The van der Waals surface area contributed by atoms with Crippen molar-refractivity contribution in [1.82, 2.24) is 10.2 Å². The van der Waals surface area contributed by atoms with Crippen LogP contribution in [0.5, 0.6) is 0 Å². The molecule has 0 radical (unpaired) electrons. The summed E-state index contributed by atoms with van der Waals surface area (Å²) in [6.45, 7) is 16.2. The van der Waals surface area contributed by atoms with Crippen molar-refractivity contribution in [2.45, 2.75) is 52.5 Å². The molecule has 21 heavy (non-hydrogen) atoms. The third-order valence-electron chi connectivity index (χ3n) is 4.65. The van der Waals surface area contributed by atoms with Gasteiger partial charge in [0.15, 0.2) is 0 Å². The van der Waals surface area contributed by atoms with Crippen LogP contribution in [-0.2, 0) is 11.8 Å². The van der Waals surface area contributed by atoms with Gasteiger partial charge in [-0.2, -0.15) is 0 Å². The van der Waals surface area contributed by atoms with Gasteiger partial charge in [-0.05, 0) is 28.9 Å². The Kier molecular flexibility index (Phi) is 5.45. The molecule has 1 N–H and O–H groups in total. The second-order valence-electron chi connectivity index (χ2n) is 7.75. The van der Waals surface area contributed by atoms with E-state index in [9.17, 15) is 0 Å². The summed E-state index contributed by atoms with van der Waals surface area (Å²) in [5.74, 6) is 0.699. The van der Waals surface area contributed by atoms with Crippen LogP contribution in [-0.4, -0.2) is 37.1 Å². The molecule has 1 unspecified atom stereocenters. The molecule has 118 valence electrons. The van der Waals surface area contributed by atoms with Crippen LogP contribution in [0.4, 0.5) is 0 Å². The predicted octanol–water partition coefficient (Wildman–Crippen LogP) is 3.46. The van der Waals surface area contributed by atoms with Crippen molar-refractivity contribution in [2.24, 2.45) is 5.92 Å². The summed E-state index contributed by atoms with van der Waals surface area (Å²) in [4.78, 5) is 2.67. The first-order chi connectivity index (χ1) is 9.88. The van der Waals surface area contributed by atoms with Crippen molar-refractivity contribution in [2.75, 3.05) is 26.2 Å². The molecule has 2 heteroatoms. The smallest absolute Gasteiger partial charge is 0.0160 e. The SMILES string of the molecule is CC(C)C(Cc1ccc(C(C)(C)C)cc1)N1CCNCC1. The van der Waals surface area contributed by atoms with E-state index < -0.39 is 0 Å². The summed E-state index contributed by atoms with van der Waals surface area (Å²) in [5.41, 5.74) is 3.14. The van der Waals surface area contributed by atoms with Gasteiger partial charge in [0.05, 0.1) is 0 Å². The molecule has 1 fully saturated rings. The van der Waals surface area contributed by atoms with Crippen LogP contribution in [0.3, 0.4) is 0 Å². The minimum atomic E-state index is 0.245. The molecule has 1 aliphatic rings. The molecule has 0 bridgehead atoms. The lowest BCUT2D eigenvalue weighted by Gasteiger charge is -2.37. The Labute approximate surface area is 130 Å². The van der Waals surface area contributed by atoms with Gasteiger partial charge in [-0.1, -0.05) is 58.9 Å². The molecule has 1 saturated heterocycles. The second-order valence-corrected chi connectivity index (χ2v) is 7.75. The van der Waals surface area contributed by atoms with E-state index in [1.165, 1.54) is 30.6 Å². The Morgan fingerprint density at radius 1 is 1.05 bits per heavy atom.